The van der Waals surface area contributed by atoms with Crippen LogP contribution in [-0.4, -0.2) is 19.1 Å². The lowest BCUT2D eigenvalue weighted by atomic mass is 9.85. The van der Waals surface area contributed by atoms with Crippen LogP contribution >= 0.6 is 11.6 Å². The van der Waals surface area contributed by atoms with E-state index in [9.17, 15) is 4.79 Å². The number of carbonyl (C=O) groups excluding carboxylic acids is 1. The van der Waals surface area contributed by atoms with Gasteiger partial charge >= 0.3 is 0 Å². The van der Waals surface area contributed by atoms with Crippen molar-refractivity contribution < 1.29 is 14.3 Å². The summed E-state index contributed by atoms with van der Waals surface area (Å²) >= 11 is 6.08. The highest BCUT2D eigenvalue weighted by Gasteiger charge is 2.16. The number of carbonyl (C=O) groups is 1. The minimum Gasteiger partial charge on any atom is -0.486 e. The lowest BCUT2D eigenvalue weighted by Crippen LogP contribution is -2.16. The molecule has 1 aliphatic heterocycles. The molecule has 0 bridgehead atoms. The summed E-state index contributed by atoms with van der Waals surface area (Å²) in [4.78, 5) is 12.9. The largest absolute Gasteiger partial charge is 0.486 e. The van der Waals surface area contributed by atoms with Crippen molar-refractivity contribution in [3.63, 3.8) is 0 Å². The van der Waals surface area contributed by atoms with Gasteiger partial charge in [-0.05, 0) is 51.9 Å². The third-order valence-electron chi connectivity index (χ3n) is 5.30. The fourth-order valence-electron chi connectivity index (χ4n) is 3.54. The van der Waals surface area contributed by atoms with Gasteiger partial charge in [-0.15, -0.1) is 0 Å². The Balaban J connectivity index is 1.64. The Morgan fingerprint density at radius 2 is 1.47 bits per heavy atom. The highest BCUT2D eigenvalue weighted by Crippen LogP contribution is 2.33. The van der Waals surface area contributed by atoms with Gasteiger partial charge in [0.2, 0.25) is 5.91 Å². The van der Waals surface area contributed by atoms with Gasteiger partial charge in [0.1, 0.15) is 13.2 Å². The molecule has 0 saturated carbocycles. The van der Waals surface area contributed by atoms with Crippen molar-refractivity contribution in [2.45, 2.75) is 26.2 Å². The average Bonchev–Trinajstić information content (AvgIpc) is 2.78. The molecule has 1 amide bonds. The third-order valence-corrected chi connectivity index (χ3v) is 5.55. The summed E-state index contributed by atoms with van der Waals surface area (Å²) in [7, 11) is 0. The first-order valence-electron chi connectivity index (χ1n) is 10.6. The molecule has 0 radical (unpaired) electrons. The molecule has 3 aromatic rings. The zero-order chi connectivity index (χ0) is 22.7. The topological polar surface area (TPSA) is 47.6 Å². The highest BCUT2D eigenvalue weighted by atomic mass is 35.5. The Morgan fingerprint density at radius 1 is 0.875 bits per heavy atom. The van der Waals surface area contributed by atoms with E-state index in [4.69, 9.17) is 21.1 Å². The van der Waals surface area contributed by atoms with Crippen molar-refractivity contribution in [1.82, 2.24) is 0 Å². The van der Waals surface area contributed by atoms with Crippen molar-refractivity contribution >= 4 is 28.8 Å². The molecule has 0 spiro atoms. The van der Waals surface area contributed by atoms with Crippen LogP contribution in [0.5, 0.6) is 11.5 Å². The van der Waals surface area contributed by atoms with Gasteiger partial charge in [0.25, 0.3) is 0 Å². The molecule has 1 heterocycles. The molecule has 5 heteroatoms. The predicted molar refractivity (Wildman–Crippen MR) is 130 cm³/mol. The van der Waals surface area contributed by atoms with Gasteiger partial charge in [-0.2, -0.15) is 0 Å². The number of fused-ring (bicyclic) bond motifs is 1. The van der Waals surface area contributed by atoms with Crippen LogP contribution < -0.4 is 14.8 Å². The Labute approximate surface area is 193 Å². The number of nitrogens with one attached hydrogen (secondary N) is 1. The zero-order valence-electron chi connectivity index (χ0n) is 18.4. The molecule has 164 valence electrons. The smallest absolute Gasteiger partial charge is 0.249 e. The molecule has 3 aromatic carbocycles. The van der Waals surface area contributed by atoms with Gasteiger partial charge in [0.05, 0.1) is 0 Å². The number of benzene rings is 3. The quantitative estimate of drug-likeness (QED) is 0.465. The fourth-order valence-corrected chi connectivity index (χ4v) is 3.67. The second-order valence-corrected chi connectivity index (χ2v) is 9.18. The Hall–Kier alpha value is -3.24. The molecule has 0 atom stereocenters. The first-order chi connectivity index (χ1) is 15.3. The zero-order valence-corrected chi connectivity index (χ0v) is 19.2. The van der Waals surface area contributed by atoms with E-state index in [1.165, 1.54) is 5.56 Å². The van der Waals surface area contributed by atoms with Gasteiger partial charge in [-0.25, -0.2) is 0 Å². The van der Waals surface area contributed by atoms with Crippen molar-refractivity contribution in [1.29, 1.82) is 0 Å². The minimum absolute atomic E-state index is 0.0539. The second kappa shape index (κ2) is 9.09. The van der Waals surface area contributed by atoms with Crippen LogP contribution in [0.2, 0.25) is 5.02 Å². The number of halogens is 1. The van der Waals surface area contributed by atoms with Crippen molar-refractivity contribution in [2.75, 3.05) is 18.5 Å². The minimum atomic E-state index is -0.230. The van der Waals surface area contributed by atoms with E-state index < -0.39 is 0 Å². The number of anilines is 1. The summed E-state index contributed by atoms with van der Waals surface area (Å²) in [5.74, 6) is 1.09. The number of hydrogen-bond donors (Lipinski definition) is 1. The summed E-state index contributed by atoms with van der Waals surface area (Å²) in [6.45, 7) is 7.56. The highest BCUT2D eigenvalue weighted by molar-refractivity contribution is 6.30. The molecule has 32 heavy (non-hydrogen) atoms. The van der Waals surface area contributed by atoms with Crippen molar-refractivity contribution in [3.05, 3.63) is 94.5 Å². The number of amides is 1. The van der Waals surface area contributed by atoms with Crippen LogP contribution in [0.15, 0.2) is 72.8 Å². The number of rotatable bonds is 4. The molecule has 1 aliphatic rings. The van der Waals surface area contributed by atoms with Crippen LogP contribution in [0.4, 0.5) is 5.69 Å². The molecule has 0 aliphatic carbocycles. The second-order valence-electron chi connectivity index (χ2n) is 8.74. The fraction of sp³-hybridized carbons (Fsp3) is 0.222. The van der Waals surface area contributed by atoms with Crippen molar-refractivity contribution in [3.8, 4) is 11.5 Å². The van der Waals surface area contributed by atoms with Crippen LogP contribution in [0.1, 0.15) is 37.5 Å². The van der Waals surface area contributed by atoms with E-state index in [-0.39, 0.29) is 11.3 Å². The van der Waals surface area contributed by atoms with Crippen LogP contribution in [0, 0.1) is 0 Å². The first-order valence-corrected chi connectivity index (χ1v) is 11.0. The average molecular weight is 448 g/mol. The SMILES string of the molecule is CC(C)(C)c1ccc(/C(=C/C(=O)Nc2ccc3c(c2)OCCO3)c2ccc(Cl)cc2)cc1. The normalized spacial score (nSPS) is 13.6. The van der Waals surface area contributed by atoms with Crippen LogP contribution in [-0.2, 0) is 10.2 Å². The predicted octanol–water partition coefficient (Wildman–Crippen LogP) is 6.48. The summed E-state index contributed by atoms with van der Waals surface area (Å²) in [6, 6.07) is 21.2. The van der Waals surface area contributed by atoms with E-state index >= 15 is 0 Å². The summed E-state index contributed by atoms with van der Waals surface area (Å²) in [5.41, 5.74) is 4.62. The molecular weight excluding hydrogens is 422 g/mol. The van der Waals surface area contributed by atoms with Crippen LogP contribution in [0.3, 0.4) is 0 Å². The summed E-state index contributed by atoms with van der Waals surface area (Å²) in [5, 5.41) is 3.58. The molecule has 1 N–H and O–H groups in total. The van der Waals surface area contributed by atoms with E-state index in [2.05, 4.69) is 50.4 Å². The molecule has 0 unspecified atom stereocenters. The number of hydrogen-bond acceptors (Lipinski definition) is 3. The molecule has 0 fully saturated rings. The monoisotopic (exact) mass is 447 g/mol. The van der Waals surface area contributed by atoms with Gasteiger partial charge < -0.3 is 14.8 Å². The van der Waals surface area contributed by atoms with Crippen LogP contribution in [0.25, 0.3) is 5.57 Å². The van der Waals surface area contributed by atoms with Crippen molar-refractivity contribution in [2.24, 2.45) is 0 Å². The number of ether oxygens (including phenoxy) is 2. The Morgan fingerprint density at radius 3 is 2.09 bits per heavy atom. The maximum Gasteiger partial charge on any atom is 0.249 e. The third kappa shape index (κ3) is 5.14. The van der Waals surface area contributed by atoms with Gasteiger partial charge in [0, 0.05) is 22.9 Å². The molecular formula is C27H26ClNO3. The van der Waals surface area contributed by atoms with Gasteiger partial charge in [-0.1, -0.05) is 68.8 Å². The molecule has 4 nitrogen and oxygen atoms in total. The van der Waals surface area contributed by atoms with E-state index in [0.29, 0.717) is 35.4 Å². The molecule has 0 aromatic heterocycles. The first kappa shape index (κ1) is 22.0. The van der Waals surface area contributed by atoms with Gasteiger partial charge in [0.15, 0.2) is 11.5 Å². The Kier molecular flexibility index (Phi) is 6.24. The Bertz CT molecular complexity index is 1140. The maximum absolute atomic E-state index is 12.9. The standard InChI is InChI=1S/C27H26ClNO3/c1-27(2,3)20-8-4-18(5-9-20)23(19-6-10-21(28)11-7-19)17-26(30)29-22-12-13-24-25(16-22)32-15-14-31-24/h4-13,16-17H,14-15H2,1-3H3,(H,29,30)/b23-17-. The molecule has 0 saturated heterocycles. The summed E-state index contributed by atoms with van der Waals surface area (Å²) < 4.78 is 11.2. The summed E-state index contributed by atoms with van der Waals surface area (Å²) in [6.07, 6.45) is 1.62. The molecule has 4 rings (SSSR count). The van der Waals surface area contributed by atoms with Gasteiger partial charge in [-0.3, -0.25) is 4.79 Å². The van der Waals surface area contributed by atoms with E-state index in [0.717, 1.165) is 16.7 Å². The van der Waals surface area contributed by atoms with E-state index in [1.54, 1.807) is 24.3 Å². The lowest BCUT2D eigenvalue weighted by Gasteiger charge is -2.20. The maximum atomic E-state index is 12.9. The lowest BCUT2D eigenvalue weighted by molar-refractivity contribution is -0.111. The van der Waals surface area contributed by atoms with E-state index in [1.807, 2.05) is 24.3 Å².